The van der Waals surface area contributed by atoms with Crippen LogP contribution in [0.5, 0.6) is 0 Å². The Labute approximate surface area is 111 Å². The summed E-state index contributed by atoms with van der Waals surface area (Å²) in [5, 5.41) is 3.54. The molecule has 1 aromatic carbocycles. The molecule has 100 valence electrons. The molecule has 0 saturated carbocycles. The number of nitrogens with two attached hydrogens (primary N) is 2. The van der Waals surface area contributed by atoms with E-state index in [4.69, 9.17) is 11.6 Å². The van der Waals surface area contributed by atoms with E-state index in [2.05, 4.69) is 5.10 Å². The highest BCUT2D eigenvalue weighted by Crippen LogP contribution is 2.31. The Balaban J connectivity index is 2.48. The molecule has 0 atom stereocenters. The Kier molecular flexibility index (Phi) is 5.67. The van der Waals surface area contributed by atoms with Gasteiger partial charge in [-0.2, -0.15) is 18.3 Å². The maximum Gasteiger partial charge on any atom is 0.416 e. The lowest BCUT2D eigenvalue weighted by Crippen LogP contribution is -2.10. The van der Waals surface area contributed by atoms with Gasteiger partial charge >= 0.3 is 6.18 Å². The van der Waals surface area contributed by atoms with E-state index in [-0.39, 0.29) is 5.17 Å². The number of thioether (sulfide) groups is 2. The van der Waals surface area contributed by atoms with Gasteiger partial charge in [-0.1, -0.05) is 17.8 Å². The fraction of sp³-hybridized carbons (Fsp3) is 0.300. The van der Waals surface area contributed by atoms with Crippen molar-refractivity contribution in [2.45, 2.75) is 11.1 Å². The third kappa shape index (κ3) is 5.09. The summed E-state index contributed by atoms with van der Waals surface area (Å²) in [6, 6.07) is 5.23. The zero-order valence-electron chi connectivity index (χ0n) is 9.28. The van der Waals surface area contributed by atoms with Crippen LogP contribution in [0.15, 0.2) is 34.3 Å². The number of alkyl halides is 3. The number of halogens is 3. The summed E-state index contributed by atoms with van der Waals surface area (Å²) in [7, 11) is 0. The van der Waals surface area contributed by atoms with E-state index in [1.54, 1.807) is 6.07 Å². The quantitative estimate of drug-likeness (QED) is 0.224. The second-order valence-electron chi connectivity index (χ2n) is 3.19. The van der Waals surface area contributed by atoms with Crippen LogP contribution in [0, 0.1) is 0 Å². The number of rotatable bonds is 4. The first-order valence-electron chi connectivity index (χ1n) is 4.89. The van der Waals surface area contributed by atoms with E-state index in [0.717, 1.165) is 12.1 Å². The Hall–Kier alpha value is -1.02. The van der Waals surface area contributed by atoms with Crippen LogP contribution in [0.25, 0.3) is 0 Å². The van der Waals surface area contributed by atoms with Gasteiger partial charge < -0.3 is 11.6 Å². The molecule has 0 radical (unpaired) electrons. The van der Waals surface area contributed by atoms with Crippen LogP contribution in [0.2, 0.25) is 0 Å². The summed E-state index contributed by atoms with van der Waals surface area (Å²) >= 11 is 2.60. The smallest absolute Gasteiger partial charge is 0.377 e. The molecule has 3 nitrogen and oxygen atoms in total. The molecule has 0 unspecified atom stereocenters. The molecule has 1 rings (SSSR count). The van der Waals surface area contributed by atoms with E-state index in [1.807, 2.05) is 0 Å². The second-order valence-corrected chi connectivity index (χ2v) is 5.47. The van der Waals surface area contributed by atoms with Crippen LogP contribution in [0.4, 0.5) is 13.2 Å². The van der Waals surface area contributed by atoms with Crippen molar-refractivity contribution in [3.8, 4) is 0 Å². The number of amidine groups is 1. The van der Waals surface area contributed by atoms with Crippen molar-refractivity contribution in [1.29, 1.82) is 0 Å². The summed E-state index contributed by atoms with van der Waals surface area (Å²) in [6.07, 6.45) is -4.30. The first-order valence-corrected chi connectivity index (χ1v) is 6.87. The van der Waals surface area contributed by atoms with E-state index in [9.17, 15) is 13.2 Å². The fourth-order valence-corrected chi connectivity index (χ4v) is 2.68. The predicted octanol–water partition coefficient (Wildman–Crippen LogP) is 2.72. The van der Waals surface area contributed by atoms with Gasteiger partial charge in [0.05, 0.1) is 5.56 Å². The van der Waals surface area contributed by atoms with Gasteiger partial charge in [-0.15, -0.1) is 11.8 Å². The lowest BCUT2D eigenvalue weighted by molar-refractivity contribution is -0.137. The molecule has 0 aliphatic rings. The van der Waals surface area contributed by atoms with Crippen molar-refractivity contribution >= 4 is 28.7 Å². The summed E-state index contributed by atoms with van der Waals surface area (Å²) in [4.78, 5) is 0.577. The third-order valence-corrected chi connectivity index (χ3v) is 3.95. The van der Waals surface area contributed by atoms with Gasteiger partial charge in [0.25, 0.3) is 0 Å². The van der Waals surface area contributed by atoms with Crippen LogP contribution >= 0.6 is 23.5 Å². The highest BCUT2D eigenvalue weighted by atomic mass is 32.2. The summed E-state index contributed by atoms with van der Waals surface area (Å²) in [6.45, 7) is 0. The lowest BCUT2D eigenvalue weighted by Gasteiger charge is -2.08. The molecule has 0 saturated heterocycles. The van der Waals surface area contributed by atoms with Crippen LogP contribution in [-0.4, -0.2) is 16.7 Å². The highest BCUT2D eigenvalue weighted by Gasteiger charge is 2.30. The van der Waals surface area contributed by atoms with Crippen molar-refractivity contribution in [2.75, 3.05) is 11.5 Å². The molecule has 0 aliphatic heterocycles. The highest BCUT2D eigenvalue weighted by molar-refractivity contribution is 8.14. The largest absolute Gasteiger partial charge is 0.416 e. The van der Waals surface area contributed by atoms with Crippen LogP contribution in [0.1, 0.15) is 5.56 Å². The average molecular weight is 295 g/mol. The zero-order valence-corrected chi connectivity index (χ0v) is 10.9. The van der Waals surface area contributed by atoms with Crippen molar-refractivity contribution in [2.24, 2.45) is 16.7 Å². The Morgan fingerprint density at radius 1 is 1.28 bits per heavy atom. The molecule has 8 heteroatoms. The minimum atomic E-state index is -4.30. The molecule has 1 aromatic rings. The van der Waals surface area contributed by atoms with Gasteiger partial charge in [0.15, 0.2) is 5.17 Å². The summed E-state index contributed by atoms with van der Waals surface area (Å²) < 4.78 is 37.3. The minimum Gasteiger partial charge on any atom is -0.377 e. The van der Waals surface area contributed by atoms with Gasteiger partial charge in [-0.25, -0.2) is 0 Å². The maximum atomic E-state index is 12.4. The molecule has 0 bridgehead atoms. The van der Waals surface area contributed by atoms with Crippen molar-refractivity contribution in [3.63, 3.8) is 0 Å². The van der Waals surface area contributed by atoms with Crippen LogP contribution in [0.3, 0.4) is 0 Å². The van der Waals surface area contributed by atoms with Crippen LogP contribution < -0.4 is 11.6 Å². The first kappa shape index (κ1) is 15.0. The molecule has 0 fully saturated rings. The third-order valence-electron chi connectivity index (χ3n) is 1.89. The minimum absolute atomic E-state index is 0.264. The second kappa shape index (κ2) is 6.79. The van der Waals surface area contributed by atoms with Gasteiger partial charge in [0.1, 0.15) is 0 Å². The normalized spacial score (nSPS) is 12.7. The standard InChI is InChI=1S/C10H12F3N3S2/c11-10(12,13)7-2-1-3-8(6-7)17-4-5-18-9(14)16-15/h1-3,6H,4-5,15H2,(H2,14,16). The molecule has 18 heavy (non-hydrogen) atoms. The van der Waals surface area contributed by atoms with E-state index >= 15 is 0 Å². The fourth-order valence-electron chi connectivity index (χ4n) is 1.11. The van der Waals surface area contributed by atoms with Gasteiger partial charge in [-0.05, 0) is 18.2 Å². The lowest BCUT2D eigenvalue weighted by atomic mass is 10.2. The molecule has 0 spiro atoms. The number of hydrazone groups is 1. The van der Waals surface area contributed by atoms with Gasteiger partial charge in [0.2, 0.25) is 0 Å². The predicted molar refractivity (Wildman–Crippen MR) is 70.4 cm³/mol. The van der Waals surface area contributed by atoms with Crippen LogP contribution in [-0.2, 0) is 6.18 Å². The SMILES string of the molecule is NN=C(N)SCCSc1cccc(C(F)(F)F)c1. The number of hydrogen-bond donors (Lipinski definition) is 2. The molecular formula is C10H12F3N3S2. The van der Waals surface area contributed by atoms with Crippen molar-refractivity contribution in [3.05, 3.63) is 29.8 Å². The molecule has 4 N–H and O–H groups in total. The topological polar surface area (TPSA) is 64.4 Å². The zero-order chi connectivity index (χ0) is 13.6. The number of hydrogen-bond acceptors (Lipinski definition) is 4. The number of nitrogens with zero attached hydrogens (tertiary/aromatic N) is 1. The Morgan fingerprint density at radius 2 is 2.00 bits per heavy atom. The van der Waals surface area contributed by atoms with Crippen molar-refractivity contribution < 1.29 is 13.2 Å². The van der Waals surface area contributed by atoms with E-state index in [0.29, 0.717) is 16.4 Å². The molecular weight excluding hydrogens is 283 g/mol. The maximum absolute atomic E-state index is 12.4. The average Bonchev–Trinajstić information content (AvgIpc) is 2.33. The van der Waals surface area contributed by atoms with E-state index < -0.39 is 11.7 Å². The monoisotopic (exact) mass is 295 g/mol. The Morgan fingerprint density at radius 3 is 2.61 bits per heavy atom. The van der Waals surface area contributed by atoms with Crippen molar-refractivity contribution in [1.82, 2.24) is 0 Å². The van der Waals surface area contributed by atoms with Gasteiger partial charge in [0, 0.05) is 16.4 Å². The molecule has 0 heterocycles. The van der Waals surface area contributed by atoms with Gasteiger partial charge in [-0.3, -0.25) is 0 Å². The first-order chi connectivity index (χ1) is 8.43. The molecule has 0 aliphatic carbocycles. The molecule has 0 aromatic heterocycles. The molecule has 0 amide bonds. The van der Waals surface area contributed by atoms with E-state index in [1.165, 1.54) is 29.6 Å². The summed E-state index contributed by atoms with van der Waals surface area (Å²) in [5.74, 6) is 6.20. The Bertz CT molecular complexity index is 421. The summed E-state index contributed by atoms with van der Waals surface area (Å²) in [5.41, 5.74) is 4.73. The number of benzene rings is 1.